The number of aryl methyl sites for hydroxylation is 1. The monoisotopic (exact) mass is 352 g/mol. The highest BCUT2D eigenvalue weighted by atomic mass is 32.2. The third kappa shape index (κ3) is 3.98. The minimum Gasteiger partial charge on any atom is -0.314 e. The van der Waals surface area contributed by atoms with E-state index in [1.54, 1.807) is 11.6 Å². The van der Waals surface area contributed by atoms with Crippen LogP contribution in [0, 0.1) is 0 Å². The van der Waals surface area contributed by atoms with E-state index in [4.69, 9.17) is 0 Å². The maximum absolute atomic E-state index is 12.3. The predicted molar refractivity (Wildman–Crippen MR) is 96.2 cm³/mol. The first-order valence-corrected chi connectivity index (χ1v) is 9.22. The van der Waals surface area contributed by atoms with E-state index >= 15 is 0 Å². The Bertz CT molecular complexity index is 834. The zero-order valence-corrected chi connectivity index (χ0v) is 15.3. The lowest BCUT2D eigenvalue weighted by Crippen LogP contribution is -2.37. The van der Waals surface area contributed by atoms with Crippen molar-refractivity contribution in [3.8, 4) is 0 Å². The van der Waals surface area contributed by atoms with Gasteiger partial charge in [-0.2, -0.15) is 0 Å². The highest BCUT2D eigenvalue weighted by Gasteiger charge is 2.14. The van der Waals surface area contributed by atoms with Crippen LogP contribution in [0.1, 0.15) is 45.4 Å². The molecule has 0 aliphatic carbocycles. The van der Waals surface area contributed by atoms with Gasteiger partial charge in [0.25, 0.3) is 5.56 Å². The average molecular weight is 352 g/mol. The molecule has 0 saturated carbocycles. The smallest absolute Gasteiger partial charge is 0.314 e. The molecule has 24 heavy (non-hydrogen) atoms. The molecule has 0 radical (unpaired) electrons. The molecule has 2 heterocycles. The Balaban J connectivity index is 2.03. The summed E-state index contributed by atoms with van der Waals surface area (Å²) < 4.78 is 4.03. The Hall–Kier alpha value is -1.83. The molecule has 2 aromatic heterocycles. The molecule has 0 saturated heterocycles. The van der Waals surface area contributed by atoms with Crippen molar-refractivity contribution in [3.05, 3.63) is 27.2 Å². The number of hydrogen-bond acceptors (Lipinski definition) is 5. The Kier molecular flexibility index (Phi) is 6.42. The average Bonchev–Trinajstić information content (AvgIpc) is 3.00. The number of nitrogens with zero attached hydrogens (tertiary/aromatic N) is 4. The zero-order chi connectivity index (χ0) is 17.7. The first-order valence-electron chi connectivity index (χ1n) is 8.23. The van der Waals surface area contributed by atoms with E-state index in [1.165, 1.54) is 49.0 Å². The molecular formula is C16H24N4O3S. The van der Waals surface area contributed by atoms with Gasteiger partial charge in [0.05, 0.1) is 12.2 Å². The van der Waals surface area contributed by atoms with Crippen molar-refractivity contribution in [2.24, 2.45) is 14.1 Å². The minimum atomic E-state index is -0.409. The number of hydrogen-bond donors (Lipinski definition) is 0. The zero-order valence-electron chi connectivity index (χ0n) is 14.4. The Morgan fingerprint density at radius 3 is 2.54 bits per heavy atom. The number of rotatable bonds is 8. The fraction of sp³-hybridized carbons (Fsp3) is 0.625. The van der Waals surface area contributed by atoms with Gasteiger partial charge in [0.2, 0.25) is 0 Å². The molecule has 8 heteroatoms. The van der Waals surface area contributed by atoms with Gasteiger partial charge in [0.15, 0.2) is 16.3 Å². The first-order chi connectivity index (χ1) is 11.5. The van der Waals surface area contributed by atoms with Gasteiger partial charge in [-0.3, -0.25) is 18.7 Å². The second-order valence-corrected chi connectivity index (χ2v) is 6.90. The number of unbranched alkanes of at least 4 members (excludes halogenated alkanes) is 4. The lowest BCUT2D eigenvalue weighted by atomic mass is 10.1. The fourth-order valence-electron chi connectivity index (χ4n) is 2.58. The van der Waals surface area contributed by atoms with E-state index in [0.29, 0.717) is 23.5 Å². The fourth-order valence-corrected chi connectivity index (χ4v) is 3.35. The molecule has 2 rings (SSSR count). The highest BCUT2D eigenvalue weighted by molar-refractivity contribution is 8.12. The van der Waals surface area contributed by atoms with Gasteiger partial charge < -0.3 is 4.57 Å². The van der Waals surface area contributed by atoms with Crippen LogP contribution < -0.4 is 11.2 Å². The Morgan fingerprint density at radius 1 is 1.12 bits per heavy atom. The molecule has 0 unspecified atom stereocenters. The predicted octanol–water partition coefficient (Wildman–Crippen LogP) is 2.01. The third-order valence-corrected chi connectivity index (χ3v) is 5.00. The lowest BCUT2D eigenvalue weighted by molar-refractivity contribution is -0.111. The minimum absolute atomic E-state index is 0.120. The van der Waals surface area contributed by atoms with E-state index in [-0.39, 0.29) is 5.12 Å². The second kappa shape index (κ2) is 8.32. The van der Waals surface area contributed by atoms with Crippen LogP contribution in [0.4, 0.5) is 0 Å². The van der Waals surface area contributed by atoms with Crippen LogP contribution >= 0.6 is 11.8 Å². The van der Waals surface area contributed by atoms with Crippen LogP contribution in [0.3, 0.4) is 0 Å². The van der Waals surface area contributed by atoms with E-state index in [9.17, 15) is 14.4 Å². The molecule has 2 aromatic rings. The first kappa shape index (κ1) is 18.5. The van der Waals surface area contributed by atoms with Crippen molar-refractivity contribution in [1.29, 1.82) is 0 Å². The Labute approximate surface area is 144 Å². The maximum Gasteiger partial charge on any atom is 0.332 e. The van der Waals surface area contributed by atoms with Gasteiger partial charge >= 0.3 is 5.69 Å². The van der Waals surface area contributed by atoms with Gasteiger partial charge in [0.1, 0.15) is 0 Å². The van der Waals surface area contributed by atoms with Crippen LogP contribution in [0.15, 0.2) is 15.9 Å². The van der Waals surface area contributed by atoms with Crippen LogP contribution in [0.2, 0.25) is 0 Å². The SMILES string of the molecule is CCCCCCCC(=O)SCn1cnc2c1c(=O)n(C)c(=O)n2C. The second-order valence-electron chi connectivity index (χ2n) is 5.90. The van der Waals surface area contributed by atoms with Crippen molar-refractivity contribution in [1.82, 2.24) is 18.7 Å². The van der Waals surface area contributed by atoms with Crippen LogP contribution in [0.25, 0.3) is 11.2 Å². The van der Waals surface area contributed by atoms with E-state index in [2.05, 4.69) is 11.9 Å². The molecule has 0 aliphatic heterocycles. The molecule has 0 amide bonds. The third-order valence-electron chi connectivity index (χ3n) is 4.07. The quantitative estimate of drug-likeness (QED) is 0.679. The van der Waals surface area contributed by atoms with E-state index < -0.39 is 11.2 Å². The van der Waals surface area contributed by atoms with Crippen LogP contribution in [-0.2, 0) is 24.8 Å². The molecule has 0 spiro atoms. The van der Waals surface area contributed by atoms with Gasteiger partial charge in [-0.1, -0.05) is 44.4 Å². The molecule has 0 fully saturated rings. The summed E-state index contributed by atoms with van der Waals surface area (Å²) in [6, 6.07) is 0. The van der Waals surface area contributed by atoms with Gasteiger partial charge in [-0.15, -0.1) is 0 Å². The number of imidazole rings is 1. The molecule has 0 aromatic carbocycles. The summed E-state index contributed by atoms with van der Waals surface area (Å²) in [6.07, 6.45) is 7.62. The summed E-state index contributed by atoms with van der Waals surface area (Å²) in [5.74, 6) is 0.331. The summed E-state index contributed by atoms with van der Waals surface area (Å²) in [4.78, 5) is 40.3. The summed E-state index contributed by atoms with van der Waals surface area (Å²) in [5, 5.41) is 0.120. The molecule has 0 aliphatic rings. The summed E-state index contributed by atoms with van der Waals surface area (Å²) in [7, 11) is 3.02. The van der Waals surface area contributed by atoms with Crippen molar-refractivity contribution >= 4 is 28.0 Å². The summed E-state index contributed by atoms with van der Waals surface area (Å²) in [5.41, 5.74) is -0.106. The standard InChI is InChI=1S/C16H24N4O3S/c1-4-5-6-7-8-9-12(21)24-11-20-10-17-14-13(20)15(22)19(3)16(23)18(14)2/h10H,4-9,11H2,1-3H3. The van der Waals surface area contributed by atoms with Gasteiger partial charge in [-0.25, -0.2) is 9.78 Å². The number of carbonyl (C=O) groups is 1. The van der Waals surface area contributed by atoms with E-state index in [0.717, 1.165) is 17.4 Å². The lowest BCUT2D eigenvalue weighted by Gasteiger charge is -2.06. The van der Waals surface area contributed by atoms with E-state index in [1.807, 2.05) is 0 Å². The number of aromatic nitrogens is 4. The van der Waals surface area contributed by atoms with Crippen LogP contribution in [-0.4, -0.2) is 23.8 Å². The highest BCUT2D eigenvalue weighted by Crippen LogP contribution is 2.15. The number of thioether (sulfide) groups is 1. The van der Waals surface area contributed by atoms with Gasteiger partial charge in [0, 0.05) is 20.5 Å². The maximum atomic E-state index is 12.3. The molecule has 132 valence electrons. The van der Waals surface area contributed by atoms with Gasteiger partial charge in [-0.05, 0) is 6.42 Å². The molecular weight excluding hydrogens is 328 g/mol. The molecule has 7 nitrogen and oxygen atoms in total. The van der Waals surface area contributed by atoms with Crippen molar-refractivity contribution in [2.45, 2.75) is 51.3 Å². The largest absolute Gasteiger partial charge is 0.332 e. The van der Waals surface area contributed by atoms with Crippen molar-refractivity contribution in [2.75, 3.05) is 0 Å². The normalized spacial score (nSPS) is 11.3. The molecule has 0 bridgehead atoms. The number of carbonyl (C=O) groups excluding carboxylic acids is 1. The summed E-state index contributed by atoms with van der Waals surface area (Å²) in [6.45, 7) is 2.16. The molecule has 0 N–H and O–H groups in total. The summed E-state index contributed by atoms with van der Waals surface area (Å²) >= 11 is 1.19. The van der Waals surface area contributed by atoms with Crippen LogP contribution in [0.5, 0.6) is 0 Å². The molecule has 0 atom stereocenters. The Morgan fingerprint density at radius 2 is 1.83 bits per heavy atom. The van der Waals surface area contributed by atoms with Crippen molar-refractivity contribution < 1.29 is 4.79 Å². The number of fused-ring (bicyclic) bond motifs is 1. The topological polar surface area (TPSA) is 78.9 Å². The van der Waals surface area contributed by atoms with Crippen molar-refractivity contribution in [3.63, 3.8) is 0 Å².